The Morgan fingerprint density at radius 1 is 1.29 bits per heavy atom. The van der Waals surface area contributed by atoms with E-state index in [9.17, 15) is 0 Å². The van der Waals surface area contributed by atoms with Crippen LogP contribution in [0.5, 0.6) is 0 Å². The first-order chi connectivity index (χ1) is 10.3. The first-order valence-electron chi connectivity index (χ1n) is 7.67. The SMILES string of the molecule is NC(=S)c1cnc2ccccc2c1NCCC1CCCC1. The summed E-state index contributed by atoms with van der Waals surface area (Å²) in [5, 5.41) is 4.65. The minimum absolute atomic E-state index is 0.400. The second-order valence-electron chi connectivity index (χ2n) is 5.79. The van der Waals surface area contributed by atoms with Gasteiger partial charge in [0.05, 0.1) is 16.8 Å². The van der Waals surface area contributed by atoms with Gasteiger partial charge in [0.25, 0.3) is 0 Å². The highest BCUT2D eigenvalue weighted by atomic mass is 32.1. The zero-order valence-corrected chi connectivity index (χ0v) is 13.0. The summed E-state index contributed by atoms with van der Waals surface area (Å²) in [6.45, 7) is 0.967. The van der Waals surface area contributed by atoms with Gasteiger partial charge in [-0.1, -0.05) is 56.1 Å². The lowest BCUT2D eigenvalue weighted by molar-refractivity contribution is 0.519. The van der Waals surface area contributed by atoms with Gasteiger partial charge in [-0.3, -0.25) is 4.98 Å². The molecule has 1 aliphatic rings. The third-order valence-electron chi connectivity index (χ3n) is 4.37. The van der Waals surface area contributed by atoms with Crippen molar-refractivity contribution >= 4 is 33.8 Å². The second kappa shape index (κ2) is 6.39. The zero-order chi connectivity index (χ0) is 14.7. The molecule has 0 atom stereocenters. The predicted octanol–water partition coefficient (Wildman–Crippen LogP) is 3.86. The van der Waals surface area contributed by atoms with Crippen LogP contribution in [0.4, 0.5) is 5.69 Å². The zero-order valence-electron chi connectivity index (χ0n) is 12.1. The number of anilines is 1. The summed E-state index contributed by atoms with van der Waals surface area (Å²) >= 11 is 5.17. The molecule has 2 aromatic rings. The Kier molecular flexibility index (Phi) is 4.34. The molecule has 1 fully saturated rings. The molecular formula is C17H21N3S. The van der Waals surface area contributed by atoms with E-state index in [2.05, 4.69) is 16.4 Å². The van der Waals surface area contributed by atoms with E-state index in [1.165, 1.54) is 32.1 Å². The molecule has 1 aromatic carbocycles. The maximum absolute atomic E-state index is 5.85. The molecule has 4 heteroatoms. The first-order valence-corrected chi connectivity index (χ1v) is 8.08. The molecule has 3 rings (SSSR count). The van der Waals surface area contributed by atoms with Crippen molar-refractivity contribution in [3.63, 3.8) is 0 Å². The minimum Gasteiger partial charge on any atom is -0.389 e. The van der Waals surface area contributed by atoms with Crippen LogP contribution in [-0.2, 0) is 0 Å². The number of hydrogen-bond acceptors (Lipinski definition) is 3. The molecule has 1 aliphatic carbocycles. The van der Waals surface area contributed by atoms with Crippen LogP contribution in [0.2, 0.25) is 0 Å². The molecule has 1 aromatic heterocycles. The fraction of sp³-hybridized carbons (Fsp3) is 0.412. The average Bonchev–Trinajstić information content (AvgIpc) is 3.00. The molecular weight excluding hydrogens is 278 g/mol. The average molecular weight is 299 g/mol. The van der Waals surface area contributed by atoms with Gasteiger partial charge in [-0.15, -0.1) is 0 Å². The van der Waals surface area contributed by atoms with E-state index in [0.29, 0.717) is 4.99 Å². The number of nitrogens with zero attached hydrogens (tertiary/aromatic N) is 1. The first kappa shape index (κ1) is 14.3. The van der Waals surface area contributed by atoms with Crippen LogP contribution >= 0.6 is 12.2 Å². The van der Waals surface area contributed by atoms with Crippen molar-refractivity contribution in [1.82, 2.24) is 4.98 Å². The van der Waals surface area contributed by atoms with Gasteiger partial charge in [0.15, 0.2) is 0 Å². The third kappa shape index (κ3) is 3.16. The monoisotopic (exact) mass is 299 g/mol. The molecule has 1 heterocycles. The second-order valence-corrected chi connectivity index (χ2v) is 6.23. The van der Waals surface area contributed by atoms with Gasteiger partial charge in [0.1, 0.15) is 4.99 Å². The maximum Gasteiger partial charge on any atom is 0.107 e. The highest BCUT2D eigenvalue weighted by Gasteiger charge is 2.15. The molecule has 0 unspecified atom stereocenters. The van der Waals surface area contributed by atoms with Crippen LogP contribution in [0.15, 0.2) is 30.5 Å². The third-order valence-corrected chi connectivity index (χ3v) is 4.59. The summed E-state index contributed by atoms with van der Waals surface area (Å²) in [6.07, 6.45) is 8.53. The Balaban J connectivity index is 1.83. The summed E-state index contributed by atoms with van der Waals surface area (Å²) in [5.41, 5.74) is 8.70. The van der Waals surface area contributed by atoms with Crippen LogP contribution in [-0.4, -0.2) is 16.5 Å². The van der Waals surface area contributed by atoms with Crippen molar-refractivity contribution < 1.29 is 0 Å². The molecule has 1 saturated carbocycles. The van der Waals surface area contributed by atoms with E-state index in [1.807, 2.05) is 18.2 Å². The summed E-state index contributed by atoms with van der Waals surface area (Å²) in [7, 11) is 0. The van der Waals surface area contributed by atoms with Crippen molar-refractivity contribution in [2.24, 2.45) is 11.7 Å². The number of benzene rings is 1. The van der Waals surface area contributed by atoms with Crippen molar-refractivity contribution in [3.05, 3.63) is 36.0 Å². The Bertz CT molecular complexity index is 648. The van der Waals surface area contributed by atoms with Gasteiger partial charge in [-0.2, -0.15) is 0 Å². The van der Waals surface area contributed by atoms with Crippen LogP contribution in [0.25, 0.3) is 10.9 Å². The molecule has 3 nitrogen and oxygen atoms in total. The highest BCUT2D eigenvalue weighted by molar-refractivity contribution is 7.80. The van der Waals surface area contributed by atoms with Gasteiger partial charge in [-0.05, 0) is 18.4 Å². The van der Waals surface area contributed by atoms with Crippen molar-refractivity contribution in [1.29, 1.82) is 0 Å². The molecule has 0 aliphatic heterocycles. The van der Waals surface area contributed by atoms with Crippen molar-refractivity contribution in [2.45, 2.75) is 32.1 Å². The van der Waals surface area contributed by atoms with E-state index in [1.54, 1.807) is 6.20 Å². The van der Waals surface area contributed by atoms with Crippen LogP contribution in [0.1, 0.15) is 37.7 Å². The molecule has 0 saturated heterocycles. The lowest BCUT2D eigenvalue weighted by Gasteiger charge is -2.15. The summed E-state index contributed by atoms with van der Waals surface area (Å²) in [5.74, 6) is 0.874. The Labute approximate surface area is 130 Å². The van der Waals surface area contributed by atoms with E-state index in [0.717, 1.165) is 34.6 Å². The van der Waals surface area contributed by atoms with Crippen molar-refractivity contribution in [2.75, 3.05) is 11.9 Å². The summed E-state index contributed by atoms with van der Waals surface area (Å²) in [6, 6.07) is 8.11. The van der Waals surface area contributed by atoms with E-state index >= 15 is 0 Å². The number of nitrogens with one attached hydrogen (secondary N) is 1. The van der Waals surface area contributed by atoms with Gasteiger partial charge >= 0.3 is 0 Å². The van der Waals surface area contributed by atoms with Gasteiger partial charge < -0.3 is 11.1 Å². The smallest absolute Gasteiger partial charge is 0.107 e. The maximum atomic E-state index is 5.85. The number of nitrogens with two attached hydrogens (primary N) is 1. The number of aromatic nitrogens is 1. The van der Waals surface area contributed by atoms with Gasteiger partial charge in [-0.25, -0.2) is 0 Å². The molecule has 110 valence electrons. The van der Waals surface area contributed by atoms with Gasteiger partial charge in [0.2, 0.25) is 0 Å². The fourth-order valence-electron chi connectivity index (χ4n) is 3.22. The Morgan fingerprint density at radius 3 is 2.81 bits per heavy atom. The molecule has 0 amide bonds. The normalized spacial score (nSPS) is 15.4. The van der Waals surface area contributed by atoms with Crippen molar-refractivity contribution in [3.8, 4) is 0 Å². The molecule has 0 spiro atoms. The number of thiocarbonyl (C=S) groups is 1. The molecule has 0 bridgehead atoms. The number of fused-ring (bicyclic) bond motifs is 1. The number of para-hydroxylation sites is 1. The summed E-state index contributed by atoms with van der Waals surface area (Å²) < 4.78 is 0. The Hall–Kier alpha value is -1.68. The molecule has 0 radical (unpaired) electrons. The minimum atomic E-state index is 0.400. The van der Waals surface area contributed by atoms with E-state index in [-0.39, 0.29) is 0 Å². The number of hydrogen-bond donors (Lipinski definition) is 2. The predicted molar refractivity (Wildman–Crippen MR) is 92.7 cm³/mol. The lowest BCUT2D eigenvalue weighted by Crippen LogP contribution is -2.15. The summed E-state index contributed by atoms with van der Waals surface area (Å²) in [4.78, 5) is 4.84. The van der Waals surface area contributed by atoms with E-state index in [4.69, 9.17) is 18.0 Å². The van der Waals surface area contributed by atoms with Crippen LogP contribution in [0.3, 0.4) is 0 Å². The highest BCUT2D eigenvalue weighted by Crippen LogP contribution is 2.29. The van der Waals surface area contributed by atoms with Crippen LogP contribution in [0, 0.1) is 5.92 Å². The fourth-order valence-corrected chi connectivity index (χ4v) is 3.37. The topological polar surface area (TPSA) is 50.9 Å². The largest absolute Gasteiger partial charge is 0.389 e. The van der Waals surface area contributed by atoms with E-state index < -0.39 is 0 Å². The molecule has 21 heavy (non-hydrogen) atoms. The number of rotatable bonds is 5. The standard InChI is InChI=1S/C17H21N3S/c18-17(21)14-11-20-15-8-4-3-7-13(15)16(14)19-10-9-12-5-1-2-6-12/h3-4,7-8,11-12H,1-2,5-6,9-10H2,(H2,18,21)(H,19,20). The lowest BCUT2D eigenvalue weighted by atomic mass is 10.0. The van der Waals surface area contributed by atoms with Gasteiger partial charge in [0, 0.05) is 18.1 Å². The Morgan fingerprint density at radius 2 is 2.05 bits per heavy atom. The van der Waals surface area contributed by atoms with Crippen LogP contribution < -0.4 is 11.1 Å². The number of pyridine rings is 1. The molecule has 3 N–H and O–H groups in total. The quantitative estimate of drug-likeness (QED) is 0.823.